The first-order valence-corrected chi connectivity index (χ1v) is 11.8. The number of nitrogens with one attached hydrogen (secondary N) is 2. The second kappa shape index (κ2) is 10.2. The summed E-state index contributed by atoms with van der Waals surface area (Å²) in [5.74, 6) is 0.892. The van der Waals surface area contributed by atoms with Gasteiger partial charge in [-0.15, -0.1) is 0 Å². The fourth-order valence-electron chi connectivity index (χ4n) is 4.66. The predicted molar refractivity (Wildman–Crippen MR) is 130 cm³/mol. The van der Waals surface area contributed by atoms with Gasteiger partial charge in [0.2, 0.25) is 12.7 Å². The number of hydrogen-bond donors (Lipinski definition) is 2. The Morgan fingerprint density at radius 2 is 1.54 bits per heavy atom. The van der Waals surface area contributed by atoms with Gasteiger partial charge in [0, 0.05) is 30.7 Å². The van der Waals surface area contributed by atoms with Gasteiger partial charge in [-0.1, -0.05) is 54.6 Å². The molecule has 0 aromatic heterocycles. The van der Waals surface area contributed by atoms with Gasteiger partial charge >= 0.3 is 0 Å². The second-order valence-corrected chi connectivity index (χ2v) is 8.86. The first-order valence-electron chi connectivity index (χ1n) is 11.8. The Kier molecular flexibility index (Phi) is 6.68. The molecule has 2 aliphatic heterocycles. The summed E-state index contributed by atoms with van der Waals surface area (Å²) in [5, 5.41) is 6.04. The highest BCUT2D eigenvalue weighted by molar-refractivity contribution is 5.97. The van der Waals surface area contributed by atoms with Gasteiger partial charge < -0.3 is 24.8 Å². The van der Waals surface area contributed by atoms with Gasteiger partial charge in [0.1, 0.15) is 6.04 Å². The monoisotopic (exact) mass is 472 g/mol. The minimum atomic E-state index is -0.822. The van der Waals surface area contributed by atoms with Gasteiger partial charge in [-0.25, -0.2) is 0 Å². The second-order valence-electron chi connectivity index (χ2n) is 8.86. The van der Waals surface area contributed by atoms with Crippen molar-refractivity contribution in [1.29, 1.82) is 0 Å². The molecular weight excluding hydrogens is 444 g/mol. The summed E-state index contributed by atoms with van der Waals surface area (Å²) in [4.78, 5) is 26.4. The van der Waals surface area contributed by atoms with E-state index >= 15 is 0 Å². The zero-order chi connectivity index (χ0) is 24.1. The Balaban J connectivity index is 1.37. The summed E-state index contributed by atoms with van der Waals surface area (Å²) in [7, 11) is 0. The fourth-order valence-corrected chi connectivity index (χ4v) is 4.66. The minimum absolute atomic E-state index is 0.214. The molecule has 1 fully saturated rings. The lowest BCUT2D eigenvalue weighted by Gasteiger charge is -2.38. The number of carbonyl (C=O) groups excluding carboxylic acids is 2. The van der Waals surface area contributed by atoms with Crippen LogP contribution in [-0.4, -0.2) is 38.4 Å². The van der Waals surface area contributed by atoms with E-state index in [2.05, 4.69) is 10.6 Å². The molecule has 35 heavy (non-hydrogen) atoms. The van der Waals surface area contributed by atoms with Crippen LogP contribution in [0.4, 0.5) is 0 Å². The molecule has 3 aromatic rings. The van der Waals surface area contributed by atoms with Crippen LogP contribution < -0.4 is 20.1 Å². The number of fused-ring (bicyclic) bond motifs is 1. The topological polar surface area (TPSA) is 85.9 Å². The third-order valence-corrected chi connectivity index (χ3v) is 6.74. The van der Waals surface area contributed by atoms with Crippen molar-refractivity contribution < 1.29 is 23.8 Å². The molecule has 0 radical (unpaired) electrons. The van der Waals surface area contributed by atoms with Gasteiger partial charge in [-0.05, 0) is 48.2 Å². The molecule has 7 nitrogen and oxygen atoms in total. The Morgan fingerprint density at radius 1 is 0.857 bits per heavy atom. The first kappa shape index (κ1) is 22.9. The Bertz CT molecular complexity index is 1180. The van der Waals surface area contributed by atoms with Crippen molar-refractivity contribution in [1.82, 2.24) is 10.6 Å². The Hall–Kier alpha value is -3.84. The zero-order valence-electron chi connectivity index (χ0n) is 19.4. The van der Waals surface area contributed by atoms with Crippen LogP contribution in [-0.2, 0) is 14.9 Å². The molecule has 3 aromatic carbocycles. The van der Waals surface area contributed by atoms with E-state index in [1.54, 1.807) is 24.3 Å². The average molecular weight is 473 g/mol. The molecule has 0 saturated carbocycles. The van der Waals surface area contributed by atoms with Crippen LogP contribution in [0.15, 0.2) is 78.9 Å². The molecule has 0 aliphatic carbocycles. The number of benzene rings is 3. The highest BCUT2D eigenvalue weighted by Crippen LogP contribution is 2.40. The van der Waals surface area contributed by atoms with E-state index < -0.39 is 6.04 Å². The van der Waals surface area contributed by atoms with Crippen LogP contribution in [0.25, 0.3) is 0 Å². The molecule has 2 amide bonds. The fraction of sp³-hybridized carbons (Fsp3) is 0.286. The third kappa shape index (κ3) is 5.00. The number of rotatable bonds is 7. The summed E-state index contributed by atoms with van der Waals surface area (Å²) in [6.45, 7) is 1.85. The number of carbonyl (C=O) groups is 2. The van der Waals surface area contributed by atoms with Gasteiger partial charge in [0.15, 0.2) is 11.5 Å². The smallest absolute Gasteiger partial charge is 0.252 e. The molecule has 7 heteroatoms. The number of amides is 2. The maximum Gasteiger partial charge on any atom is 0.252 e. The maximum absolute atomic E-state index is 13.5. The standard InChI is InChI=1S/C28H28N2O5/c31-26(21-9-5-2-6-10-21)30-25(20-7-3-1-4-8-20)27(32)29-18-28(13-15-33-16-14-28)22-11-12-23-24(17-22)35-19-34-23/h1-12,17,25H,13-16,18-19H2,(H,29,32)(H,30,31). The summed E-state index contributed by atoms with van der Waals surface area (Å²) < 4.78 is 16.7. The normalized spacial score (nSPS) is 16.8. The molecule has 2 heterocycles. The van der Waals surface area contributed by atoms with E-state index in [9.17, 15) is 9.59 Å². The van der Waals surface area contributed by atoms with E-state index in [1.165, 1.54) is 0 Å². The summed E-state index contributed by atoms with van der Waals surface area (Å²) in [6, 6.07) is 23.3. The van der Waals surface area contributed by atoms with Crippen LogP contribution in [0.3, 0.4) is 0 Å². The van der Waals surface area contributed by atoms with E-state index in [-0.39, 0.29) is 24.0 Å². The third-order valence-electron chi connectivity index (χ3n) is 6.74. The number of hydrogen-bond acceptors (Lipinski definition) is 5. The zero-order valence-corrected chi connectivity index (χ0v) is 19.4. The molecule has 2 aliphatic rings. The van der Waals surface area contributed by atoms with Crippen molar-refractivity contribution in [2.75, 3.05) is 26.6 Å². The SMILES string of the molecule is O=C(NC(C(=O)NCC1(c2ccc3c(c2)OCO3)CCOCC1)c1ccccc1)c1ccccc1. The average Bonchev–Trinajstić information content (AvgIpc) is 3.40. The van der Waals surface area contributed by atoms with Crippen LogP contribution in [0.1, 0.15) is 40.4 Å². The van der Waals surface area contributed by atoms with Gasteiger partial charge in [-0.3, -0.25) is 9.59 Å². The van der Waals surface area contributed by atoms with Crippen molar-refractivity contribution in [2.45, 2.75) is 24.3 Å². The van der Waals surface area contributed by atoms with Gasteiger partial charge in [0.05, 0.1) is 0 Å². The molecule has 1 atom stereocenters. The van der Waals surface area contributed by atoms with Crippen molar-refractivity contribution in [2.24, 2.45) is 0 Å². The minimum Gasteiger partial charge on any atom is -0.454 e. The largest absolute Gasteiger partial charge is 0.454 e. The molecule has 0 spiro atoms. The Labute approximate surface area is 204 Å². The molecule has 0 bridgehead atoms. The van der Waals surface area contributed by atoms with E-state index in [0.29, 0.717) is 25.3 Å². The first-order chi connectivity index (χ1) is 17.1. The van der Waals surface area contributed by atoms with Crippen LogP contribution in [0.5, 0.6) is 11.5 Å². The van der Waals surface area contributed by atoms with Crippen molar-refractivity contribution in [3.63, 3.8) is 0 Å². The molecule has 2 N–H and O–H groups in total. The van der Waals surface area contributed by atoms with E-state index in [0.717, 1.165) is 35.5 Å². The van der Waals surface area contributed by atoms with Gasteiger partial charge in [-0.2, -0.15) is 0 Å². The highest BCUT2D eigenvalue weighted by atomic mass is 16.7. The summed E-state index contributed by atoms with van der Waals surface area (Å²) in [5.41, 5.74) is 2.00. The number of ether oxygens (including phenoxy) is 3. The predicted octanol–water partition coefficient (Wildman–Crippen LogP) is 3.75. The lowest BCUT2D eigenvalue weighted by molar-refractivity contribution is -0.123. The Morgan fingerprint density at radius 3 is 2.29 bits per heavy atom. The molecule has 1 saturated heterocycles. The molecule has 5 rings (SSSR count). The molecule has 1 unspecified atom stereocenters. The molecular formula is C28H28N2O5. The lowest BCUT2D eigenvalue weighted by atomic mass is 9.74. The van der Waals surface area contributed by atoms with Crippen LogP contribution >= 0.6 is 0 Å². The lowest BCUT2D eigenvalue weighted by Crippen LogP contribution is -2.48. The van der Waals surface area contributed by atoms with E-state index in [4.69, 9.17) is 14.2 Å². The maximum atomic E-state index is 13.5. The van der Waals surface area contributed by atoms with Crippen LogP contribution in [0.2, 0.25) is 0 Å². The van der Waals surface area contributed by atoms with Crippen molar-refractivity contribution >= 4 is 11.8 Å². The van der Waals surface area contributed by atoms with Crippen molar-refractivity contribution in [3.05, 3.63) is 95.6 Å². The van der Waals surface area contributed by atoms with Crippen LogP contribution in [0, 0.1) is 0 Å². The summed E-state index contributed by atoms with van der Waals surface area (Å²) >= 11 is 0. The highest BCUT2D eigenvalue weighted by Gasteiger charge is 2.37. The van der Waals surface area contributed by atoms with Gasteiger partial charge in [0.25, 0.3) is 5.91 Å². The summed E-state index contributed by atoms with van der Waals surface area (Å²) in [6.07, 6.45) is 1.53. The van der Waals surface area contributed by atoms with Crippen molar-refractivity contribution in [3.8, 4) is 11.5 Å². The molecule has 180 valence electrons. The van der Waals surface area contributed by atoms with E-state index in [1.807, 2.05) is 54.6 Å². The quantitative estimate of drug-likeness (QED) is 0.547.